The molecule has 3 nitrogen and oxygen atoms in total. The molecule has 2 rings (SSSR count). The SMILES string of the molecule is C[C@@H](O)[C@@H](N)c1ccc2c(c1)CCO2. The first-order valence-electron chi connectivity index (χ1n) is 4.88. The molecule has 0 saturated carbocycles. The molecule has 0 fully saturated rings. The Morgan fingerprint density at radius 1 is 1.50 bits per heavy atom. The van der Waals surface area contributed by atoms with Crippen molar-refractivity contribution in [2.45, 2.75) is 25.5 Å². The van der Waals surface area contributed by atoms with Crippen LogP contribution in [0, 0.1) is 0 Å². The lowest BCUT2D eigenvalue weighted by atomic mass is 10.00. The minimum absolute atomic E-state index is 0.305. The molecule has 0 spiro atoms. The maximum atomic E-state index is 9.37. The monoisotopic (exact) mass is 193 g/mol. The summed E-state index contributed by atoms with van der Waals surface area (Å²) < 4.78 is 5.39. The second-order valence-electron chi connectivity index (χ2n) is 3.73. The number of aliphatic hydroxyl groups is 1. The second kappa shape index (κ2) is 3.59. The summed E-state index contributed by atoms with van der Waals surface area (Å²) in [5.41, 5.74) is 8.01. The van der Waals surface area contributed by atoms with Gasteiger partial charge in [-0.05, 0) is 24.1 Å². The van der Waals surface area contributed by atoms with Gasteiger partial charge in [0.25, 0.3) is 0 Å². The molecule has 0 radical (unpaired) electrons. The van der Waals surface area contributed by atoms with Gasteiger partial charge in [0, 0.05) is 6.42 Å². The molecule has 0 aliphatic carbocycles. The highest BCUT2D eigenvalue weighted by molar-refractivity contribution is 5.40. The van der Waals surface area contributed by atoms with Crippen molar-refractivity contribution in [3.8, 4) is 5.75 Å². The Labute approximate surface area is 83.5 Å². The van der Waals surface area contributed by atoms with Crippen LogP contribution in [0.3, 0.4) is 0 Å². The Balaban J connectivity index is 2.28. The lowest BCUT2D eigenvalue weighted by molar-refractivity contribution is 0.164. The zero-order chi connectivity index (χ0) is 10.1. The third-order valence-electron chi connectivity index (χ3n) is 2.62. The second-order valence-corrected chi connectivity index (χ2v) is 3.73. The summed E-state index contributed by atoms with van der Waals surface area (Å²) in [6.07, 6.45) is 0.422. The van der Waals surface area contributed by atoms with Gasteiger partial charge in [-0.15, -0.1) is 0 Å². The molecule has 0 aromatic heterocycles. The Hall–Kier alpha value is -1.06. The van der Waals surface area contributed by atoms with Gasteiger partial charge in [-0.2, -0.15) is 0 Å². The first-order valence-corrected chi connectivity index (χ1v) is 4.88. The molecule has 0 amide bonds. The summed E-state index contributed by atoms with van der Waals surface area (Å²) in [5.74, 6) is 0.951. The van der Waals surface area contributed by atoms with E-state index < -0.39 is 6.10 Å². The van der Waals surface area contributed by atoms with E-state index >= 15 is 0 Å². The van der Waals surface area contributed by atoms with Crippen molar-refractivity contribution in [2.75, 3.05) is 6.61 Å². The molecular weight excluding hydrogens is 178 g/mol. The third-order valence-corrected chi connectivity index (χ3v) is 2.62. The van der Waals surface area contributed by atoms with Crippen molar-refractivity contribution in [1.82, 2.24) is 0 Å². The van der Waals surface area contributed by atoms with Crippen LogP contribution in [-0.4, -0.2) is 17.8 Å². The molecule has 2 atom stereocenters. The number of benzene rings is 1. The number of ether oxygens (including phenoxy) is 1. The van der Waals surface area contributed by atoms with E-state index in [1.54, 1.807) is 6.92 Å². The molecule has 76 valence electrons. The highest BCUT2D eigenvalue weighted by Crippen LogP contribution is 2.28. The summed E-state index contributed by atoms with van der Waals surface area (Å²) in [7, 11) is 0. The lowest BCUT2D eigenvalue weighted by Gasteiger charge is -2.15. The van der Waals surface area contributed by atoms with Gasteiger partial charge in [0.05, 0.1) is 18.8 Å². The fourth-order valence-corrected chi connectivity index (χ4v) is 1.69. The third kappa shape index (κ3) is 1.61. The maximum Gasteiger partial charge on any atom is 0.122 e. The molecule has 1 heterocycles. The Kier molecular flexibility index (Phi) is 2.44. The van der Waals surface area contributed by atoms with Gasteiger partial charge in [-0.25, -0.2) is 0 Å². The zero-order valence-electron chi connectivity index (χ0n) is 8.23. The van der Waals surface area contributed by atoms with Crippen LogP contribution in [0.1, 0.15) is 24.1 Å². The standard InChI is InChI=1S/C11H15NO2/c1-7(13)11(12)9-2-3-10-8(6-9)4-5-14-10/h2-3,6-7,11,13H,4-5,12H2,1H3/t7-,11-/m1/s1. The van der Waals surface area contributed by atoms with Crippen LogP contribution in [0.15, 0.2) is 18.2 Å². The van der Waals surface area contributed by atoms with Crippen LogP contribution in [-0.2, 0) is 6.42 Å². The van der Waals surface area contributed by atoms with Gasteiger partial charge in [0.15, 0.2) is 0 Å². The number of hydrogen-bond donors (Lipinski definition) is 2. The molecular formula is C11H15NO2. The first kappa shape index (κ1) is 9.49. The van der Waals surface area contributed by atoms with Crippen molar-refractivity contribution >= 4 is 0 Å². The molecule has 0 unspecified atom stereocenters. The van der Waals surface area contributed by atoms with Crippen molar-refractivity contribution in [3.05, 3.63) is 29.3 Å². The van der Waals surface area contributed by atoms with E-state index in [0.29, 0.717) is 0 Å². The van der Waals surface area contributed by atoms with Crippen LogP contribution < -0.4 is 10.5 Å². The predicted molar refractivity (Wildman–Crippen MR) is 54.3 cm³/mol. The van der Waals surface area contributed by atoms with Crippen LogP contribution in [0.4, 0.5) is 0 Å². The van der Waals surface area contributed by atoms with Crippen molar-refractivity contribution < 1.29 is 9.84 Å². The maximum absolute atomic E-state index is 9.37. The fraction of sp³-hybridized carbons (Fsp3) is 0.455. The quantitative estimate of drug-likeness (QED) is 0.736. The van der Waals surface area contributed by atoms with Crippen LogP contribution >= 0.6 is 0 Å². The topological polar surface area (TPSA) is 55.5 Å². The summed E-state index contributed by atoms with van der Waals surface area (Å²) in [4.78, 5) is 0. The lowest BCUT2D eigenvalue weighted by Crippen LogP contribution is -2.23. The minimum atomic E-state index is -0.518. The van der Waals surface area contributed by atoms with Gasteiger partial charge >= 0.3 is 0 Å². The molecule has 14 heavy (non-hydrogen) atoms. The summed E-state index contributed by atoms with van der Waals surface area (Å²) in [6.45, 7) is 2.46. The zero-order valence-corrected chi connectivity index (χ0v) is 8.23. The highest BCUT2D eigenvalue weighted by atomic mass is 16.5. The summed E-state index contributed by atoms with van der Waals surface area (Å²) >= 11 is 0. The minimum Gasteiger partial charge on any atom is -0.493 e. The van der Waals surface area contributed by atoms with E-state index in [1.807, 2.05) is 18.2 Å². The Morgan fingerprint density at radius 3 is 3.00 bits per heavy atom. The van der Waals surface area contributed by atoms with E-state index in [4.69, 9.17) is 10.5 Å². The number of hydrogen-bond acceptors (Lipinski definition) is 3. The van der Waals surface area contributed by atoms with Crippen LogP contribution in [0.5, 0.6) is 5.75 Å². The Morgan fingerprint density at radius 2 is 2.29 bits per heavy atom. The Bertz CT molecular complexity index is 336. The van der Waals surface area contributed by atoms with Gasteiger partial charge in [0.1, 0.15) is 5.75 Å². The average Bonchev–Trinajstić information content (AvgIpc) is 2.62. The summed E-state index contributed by atoms with van der Waals surface area (Å²) in [6, 6.07) is 5.57. The number of fused-ring (bicyclic) bond motifs is 1. The van der Waals surface area contributed by atoms with Crippen molar-refractivity contribution in [3.63, 3.8) is 0 Å². The normalized spacial score (nSPS) is 18.5. The molecule has 3 N–H and O–H groups in total. The average molecular weight is 193 g/mol. The first-order chi connectivity index (χ1) is 6.68. The number of nitrogens with two attached hydrogens (primary N) is 1. The van der Waals surface area contributed by atoms with Crippen LogP contribution in [0.25, 0.3) is 0 Å². The van der Waals surface area contributed by atoms with E-state index in [0.717, 1.165) is 24.3 Å². The van der Waals surface area contributed by atoms with E-state index in [-0.39, 0.29) is 6.04 Å². The fourth-order valence-electron chi connectivity index (χ4n) is 1.69. The van der Waals surface area contributed by atoms with Gasteiger partial charge < -0.3 is 15.6 Å². The molecule has 1 aromatic carbocycles. The van der Waals surface area contributed by atoms with Crippen molar-refractivity contribution in [1.29, 1.82) is 0 Å². The molecule has 1 aromatic rings. The van der Waals surface area contributed by atoms with Gasteiger partial charge in [0.2, 0.25) is 0 Å². The van der Waals surface area contributed by atoms with E-state index in [1.165, 1.54) is 5.56 Å². The highest BCUT2D eigenvalue weighted by Gasteiger charge is 2.16. The van der Waals surface area contributed by atoms with Crippen molar-refractivity contribution in [2.24, 2.45) is 5.73 Å². The van der Waals surface area contributed by atoms with E-state index in [2.05, 4.69) is 0 Å². The molecule has 0 bridgehead atoms. The smallest absolute Gasteiger partial charge is 0.122 e. The molecule has 1 aliphatic rings. The van der Waals surface area contributed by atoms with Gasteiger partial charge in [-0.3, -0.25) is 0 Å². The largest absolute Gasteiger partial charge is 0.493 e. The summed E-state index contributed by atoms with van der Waals surface area (Å²) in [5, 5.41) is 9.37. The van der Waals surface area contributed by atoms with E-state index in [9.17, 15) is 5.11 Å². The molecule has 1 aliphatic heterocycles. The molecule has 0 saturated heterocycles. The predicted octanol–water partition coefficient (Wildman–Crippen LogP) is 1.00. The molecule has 3 heteroatoms. The van der Waals surface area contributed by atoms with Crippen LogP contribution in [0.2, 0.25) is 0 Å². The number of rotatable bonds is 2. The number of aliphatic hydroxyl groups excluding tert-OH is 1. The van der Waals surface area contributed by atoms with Gasteiger partial charge in [-0.1, -0.05) is 12.1 Å².